The quantitative estimate of drug-likeness (QED) is 0.228. The molecule has 0 aromatic carbocycles. The molecule has 0 unspecified atom stereocenters. The van der Waals surface area contributed by atoms with Crippen LogP contribution >= 0.6 is 0 Å². The minimum Gasteiger partial charge on any atom is -0.394 e. The zero-order chi connectivity index (χ0) is 20.3. The van der Waals surface area contributed by atoms with E-state index in [0.29, 0.717) is 0 Å². The molecule has 0 aromatic rings. The molecule has 2 aliphatic heterocycles. The molecule has 2 rings (SSSR count). The third kappa shape index (κ3) is 4.92. The van der Waals surface area contributed by atoms with E-state index in [4.69, 9.17) is 24.1 Å². The Bertz CT molecular complexity index is 490. The average molecular weight is 397 g/mol. The largest absolute Gasteiger partial charge is 0.394 e. The average Bonchev–Trinajstić information content (AvgIpc) is 2.64. The first-order valence-electron chi connectivity index (χ1n) is 8.44. The SMILES string of the molecule is CO[C@H]1O[C@H](CO[C@@H]2O[C@H](CO)[C@H](O)[C@H](O)[C@H]2O)[C@@H](O)[C@H](O)[C@H]1NC(C)=O. The van der Waals surface area contributed by atoms with Crippen LogP contribution in [0.2, 0.25) is 0 Å². The molecule has 2 saturated heterocycles. The van der Waals surface area contributed by atoms with Gasteiger partial charge in [-0.1, -0.05) is 0 Å². The molecule has 0 aromatic heterocycles. The van der Waals surface area contributed by atoms with Crippen LogP contribution < -0.4 is 5.32 Å². The normalized spacial score (nSPS) is 45.5. The van der Waals surface area contributed by atoms with Gasteiger partial charge in [-0.3, -0.25) is 4.79 Å². The Kier molecular flexibility index (Phi) is 7.88. The van der Waals surface area contributed by atoms with Crippen LogP contribution in [0.1, 0.15) is 6.92 Å². The van der Waals surface area contributed by atoms with Gasteiger partial charge in [0.05, 0.1) is 13.2 Å². The van der Waals surface area contributed by atoms with Crippen molar-refractivity contribution in [2.24, 2.45) is 0 Å². The monoisotopic (exact) mass is 397 g/mol. The first-order valence-corrected chi connectivity index (χ1v) is 8.44. The van der Waals surface area contributed by atoms with Crippen LogP contribution in [0, 0.1) is 0 Å². The number of methoxy groups -OCH3 is 1. The molecule has 0 aliphatic carbocycles. The lowest BCUT2D eigenvalue weighted by Gasteiger charge is -2.43. The zero-order valence-electron chi connectivity index (χ0n) is 14.9. The Morgan fingerprint density at radius 1 is 0.926 bits per heavy atom. The van der Waals surface area contributed by atoms with Crippen molar-refractivity contribution >= 4 is 5.91 Å². The Balaban J connectivity index is 1.99. The summed E-state index contributed by atoms with van der Waals surface area (Å²) in [6.07, 6.45) is -12.4. The van der Waals surface area contributed by atoms with Gasteiger partial charge < -0.3 is 54.9 Å². The number of carbonyl (C=O) groups is 1. The lowest BCUT2D eigenvalue weighted by Crippen LogP contribution is -2.65. The Morgan fingerprint density at radius 2 is 1.52 bits per heavy atom. The van der Waals surface area contributed by atoms with Gasteiger partial charge in [0.25, 0.3) is 0 Å². The molecule has 0 bridgehead atoms. The standard InChI is InChI=1S/C15H27NO11/c1-5(18)16-8-11(21)10(20)7(27-14(8)24-2)4-25-15-13(23)12(22)9(19)6(3-17)26-15/h6-15,17,19-23H,3-4H2,1-2H3,(H,16,18)/t6-,7-,8-,9+,10-,11-,12+,13-,14+,15-/m1/s1. The number of hydrogen-bond acceptors (Lipinski definition) is 11. The van der Waals surface area contributed by atoms with Crippen molar-refractivity contribution in [1.29, 1.82) is 0 Å². The van der Waals surface area contributed by atoms with Gasteiger partial charge in [0.15, 0.2) is 12.6 Å². The molecule has 0 radical (unpaired) electrons. The third-order valence-corrected chi connectivity index (χ3v) is 4.58. The highest BCUT2D eigenvalue weighted by molar-refractivity contribution is 5.73. The van der Waals surface area contributed by atoms with Crippen molar-refractivity contribution < 1.29 is 54.4 Å². The molecule has 27 heavy (non-hydrogen) atoms. The summed E-state index contributed by atoms with van der Waals surface area (Å²) in [6.45, 7) is 0.240. The third-order valence-electron chi connectivity index (χ3n) is 4.58. The van der Waals surface area contributed by atoms with E-state index >= 15 is 0 Å². The van der Waals surface area contributed by atoms with Gasteiger partial charge in [-0.05, 0) is 0 Å². The number of ether oxygens (including phenoxy) is 4. The van der Waals surface area contributed by atoms with Crippen LogP contribution in [0.25, 0.3) is 0 Å². The molecule has 2 fully saturated rings. The van der Waals surface area contributed by atoms with Crippen molar-refractivity contribution in [2.75, 3.05) is 20.3 Å². The first kappa shape index (κ1) is 22.4. The second-order valence-corrected chi connectivity index (χ2v) is 6.52. The summed E-state index contributed by atoms with van der Waals surface area (Å²) in [5.41, 5.74) is 0. The summed E-state index contributed by atoms with van der Waals surface area (Å²) in [5.74, 6) is -0.451. The lowest BCUT2D eigenvalue weighted by atomic mass is 9.96. The fourth-order valence-corrected chi connectivity index (χ4v) is 3.05. The van der Waals surface area contributed by atoms with Crippen LogP contribution in [-0.2, 0) is 23.7 Å². The van der Waals surface area contributed by atoms with Crippen LogP contribution in [0.15, 0.2) is 0 Å². The number of nitrogens with one attached hydrogen (secondary N) is 1. The summed E-state index contributed by atoms with van der Waals surface area (Å²) < 4.78 is 21.1. The topological polar surface area (TPSA) is 187 Å². The molecule has 2 aliphatic rings. The number of carbonyl (C=O) groups excluding carboxylic acids is 1. The molecule has 7 N–H and O–H groups in total. The number of aliphatic hydroxyl groups is 6. The lowest BCUT2D eigenvalue weighted by molar-refractivity contribution is -0.319. The van der Waals surface area contributed by atoms with Crippen molar-refractivity contribution in [3.05, 3.63) is 0 Å². The fourth-order valence-electron chi connectivity index (χ4n) is 3.05. The van der Waals surface area contributed by atoms with E-state index < -0.39 is 73.9 Å². The second kappa shape index (κ2) is 9.52. The number of amides is 1. The van der Waals surface area contributed by atoms with Crippen molar-refractivity contribution in [3.63, 3.8) is 0 Å². The van der Waals surface area contributed by atoms with Crippen molar-refractivity contribution in [2.45, 2.75) is 68.3 Å². The smallest absolute Gasteiger partial charge is 0.217 e. The Morgan fingerprint density at radius 3 is 2.07 bits per heavy atom. The van der Waals surface area contributed by atoms with E-state index in [1.54, 1.807) is 0 Å². The van der Waals surface area contributed by atoms with Gasteiger partial charge in [0, 0.05) is 14.0 Å². The van der Waals surface area contributed by atoms with Crippen molar-refractivity contribution in [3.8, 4) is 0 Å². The Labute approximate surface area is 155 Å². The number of aliphatic hydroxyl groups excluding tert-OH is 6. The maximum absolute atomic E-state index is 11.2. The molecule has 2 heterocycles. The van der Waals surface area contributed by atoms with E-state index in [2.05, 4.69) is 5.32 Å². The minimum absolute atomic E-state index is 0.381. The number of hydrogen-bond donors (Lipinski definition) is 7. The molecule has 0 spiro atoms. The van der Waals surface area contributed by atoms with Gasteiger partial charge in [-0.15, -0.1) is 0 Å². The summed E-state index contributed by atoms with van der Waals surface area (Å²) in [5, 5.41) is 61.5. The fraction of sp³-hybridized carbons (Fsp3) is 0.933. The van der Waals surface area contributed by atoms with E-state index in [1.165, 1.54) is 14.0 Å². The molecule has 10 atom stereocenters. The molecule has 12 heteroatoms. The molecule has 1 amide bonds. The molecule has 0 saturated carbocycles. The minimum atomic E-state index is -1.61. The van der Waals surface area contributed by atoms with Crippen LogP contribution in [-0.4, -0.2) is 118 Å². The highest BCUT2D eigenvalue weighted by Gasteiger charge is 2.47. The van der Waals surface area contributed by atoms with Gasteiger partial charge in [-0.25, -0.2) is 0 Å². The zero-order valence-corrected chi connectivity index (χ0v) is 14.9. The maximum Gasteiger partial charge on any atom is 0.217 e. The van der Waals surface area contributed by atoms with Crippen LogP contribution in [0.3, 0.4) is 0 Å². The molecular formula is C15H27NO11. The highest BCUT2D eigenvalue weighted by atomic mass is 16.7. The van der Waals surface area contributed by atoms with Gasteiger partial charge in [0.1, 0.15) is 48.8 Å². The highest BCUT2D eigenvalue weighted by Crippen LogP contribution is 2.25. The molecule has 158 valence electrons. The van der Waals surface area contributed by atoms with Gasteiger partial charge >= 0.3 is 0 Å². The van der Waals surface area contributed by atoms with Crippen molar-refractivity contribution in [1.82, 2.24) is 5.32 Å². The summed E-state index contributed by atoms with van der Waals surface area (Å²) in [6, 6.07) is -1.01. The predicted molar refractivity (Wildman–Crippen MR) is 85.0 cm³/mol. The predicted octanol–water partition coefficient (Wildman–Crippen LogP) is -4.60. The summed E-state index contributed by atoms with van der Waals surface area (Å²) >= 11 is 0. The van der Waals surface area contributed by atoms with E-state index in [0.717, 1.165) is 0 Å². The van der Waals surface area contributed by atoms with E-state index in [1.807, 2.05) is 0 Å². The first-order chi connectivity index (χ1) is 12.7. The van der Waals surface area contributed by atoms with E-state index in [9.17, 15) is 30.3 Å². The Hall–Kier alpha value is -0.930. The number of rotatable bonds is 6. The summed E-state index contributed by atoms with van der Waals surface area (Å²) in [4.78, 5) is 11.2. The van der Waals surface area contributed by atoms with Gasteiger partial charge in [-0.2, -0.15) is 0 Å². The van der Waals surface area contributed by atoms with Crippen LogP contribution in [0.4, 0.5) is 0 Å². The molecular weight excluding hydrogens is 370 g/mol. The van der Waals surface area contributed by atoms with Crippen LogP contribution in [0.5, 0.6) is 0 Å². The summed E-state index contributed by atoms with van der Waals surface area (Å²) in [7, 11) is 1.29. The maximum atomic E-state index is 11.2. The second-order valence-electron chi connectivity index (χ2n) is 6.52. The van der Waals surface area contributed by atoms with Gasteiger partial charge in [0.2, 0.25) is 5.91 Å². The molecule has 12 nitrogen and oxygen atoms in total. The van der Waals surface area contributed by atoms with E-state index in [-0.39, 0.29) is 6.61 Å².